The predicted molar refractivity (Wildman–Crippen MR) is 73.7 cm³/mol. The highest BCUT2D eigenvalue weighted by Crippen LogP contribution is 2.41. The maximum Gasteiger partial charge on any atom is 0.0469 e. The maximum absolute atomic E-state index is 5.40. The molecule has 1 saturated heterocycles. The van der Waals surface area contributed by atoms with E-state index in [0.717, 1.165) is 38.1 Å². The van der Waals surface area contributed by atoms with Crippen LogP contribution in [-0.2, 0) is 11.3 Å². The third-order valence-electron chi connectivity index (χ3n) is 4.16. The third kappa shape index (κ3) is 3.12. The van der Waals surface area contributed by atoms with E-state index in [0.29, 0.717) is 0 Å². The summed E-state index contributed by atoms with van der Waals surface area (Å²) in [7, 11) is 0. The lowest BCUT2D eigenvalue weighted by molar-refractivity contribution is 0.0662. The lowest BCUT2D eigenvalue weighted by atomic mass is 9.99. The minimum Gasteiger partial charge on any atom is -0.381 e. The Morgan fingerprint density at radius 1 is 1.06 bits per heavy atom. The van der Waals surface area contributed by atoms with Gasteiger partial charge in [0.25, 0.3) is 0 Å². The molecule has 0 unspecified atom stereocenters. The van der Waals surface area contributed by atoms with Gasteiger partial charge < -0.3 is 10.1 Å². The van der Waals surface area contributed by atoms with Gasteiger partial charge in [-0.15, -0.1) is 0 Å². The highest BCUT2D eigenvalue weighted by molar-refractivity contribution is 5.33. The van der Waals surface area contributed by atoms with Crippen molar-refractivity contribution < 1.29 is 4.74 Å². The fourth-order valence-corrected chi connectivity index (χ4v) is 2.85. The Bertz CT molecular complexity index is 380. The monoisotopic (exact) mass is 245 g/mol. The van der Waals surface area contributed by atoms with Crippen LogP contribution in [0.25, 0.3) is 0 Å². The standard InChI is InChI=1S/C16H23NO/c1-2-4-16(14-5-6-14)15(3-1)12-17-11-13-7-9-18-10-8-13/h1-4,13-14,17H,5-12H2. The van der Waals surface area contributed by atoms with Crippen molar-refractivity contribution in [1.29, 1.82) is 0 Å². The van der Waals surface area contributed by atoms with Crippen molar-refractivity contribution >= 4 is 0 Å². The first-order chi connectivity index (χ1) is 8.93. The lowest BCUT2D eigenvalue weighted by Gasteiger charge is -2.22. The summed E-state index contributed by atoms with van der Waals surface area (Å²) in [5, 5.41) is 3.64. The van der Waals surface area contributed by atoms with Crippen molar-refractivity contribution in [2.45, 2.75) is 38.1 Å². The molecule has 98 valence electrons. The van der Waals surface area contributed by atoms with E-state index in [1.165, 1.54) is 31.2 Å². The lowest BCUT2D eigenvalue weighted by Crippen LogP contribution is -2.27. The largest absolute Gasteiger partial charge is 0.381 e. The average molecular weight is 245 g/mol. The van der Waals surface area contributed by atoms with Gasteiger partial charge in [-0.05, 0) is 55.2 Å². The smallest absolute Gasteiger partial charge is 0.0469 e. The summed E-state index contributed by atoms with van der Waals surface area (Å²) in [6.45, 7) is 4.07. The zero-order valence-electron chi connectivity index (χ0n) is 11.0. The zero-order valence-corrected chi connectivity index (χ0v) is 11.0. The Hall–Kier alpha value is -0.860. The van der Waals surface area contributed by atoms with E-state index in [4.69, 9.17) is 4.74 Å². The minimum absolute atomic E-state index is 0.812. The van der Waals surface area contributed by atoms with Gasteiger partial charge in [-0.25, -0.2) is 0 Å². The zero-order chi connectivity index (χ0) is 12.2. The van der Waals surface area contributed by atoms with Crippen LogP contribution in [0.3, 0.4) is 0 Å². The van der Waals surface area contributed by atoms with Crippen molar-refractivity contribution in [2.75, 3.05) is 19.8 Å². The highest BCUT2D eigenvalue weighted by Gasteiger charge is 2.25. The van der Waals surface area contributed by atoms with Gasteiger partial charge in [-0.3, -0.25) is 0 Å². The molecule has 0 radical (unpaired) electrons. The Morgan fingerprint density at radius 2 is 1.83 bits per heavy atom. The van der Waals surface area contributed by atoms with Gasteiger partial charge in [0.05, 0.1) is 0 Å². The second-order valence-electron chi connectivity index (χ2n) is 5.66. The van der Waals surface area contributed by atoms with E-state index in [2.05, 4.69) is 29.6 Å². The Morgan fingerprint density at radius 3 is 2.61 bits per heavy atom. The molecule has 2 aliphatic rings. The molecule has 1 saturated carbocycles. The van der Waals surface area contributed by atoms with Crippen LogP contribution in [0.15, 0.2) is 24.3 Å². The molecule has 0 atom stereocenters. The van der Waals surface area contributed by atoms with Crippen molar-refractivity contribution in [2.24, 2.45) is 5.92 Å². The molecule has 1 N–H and O–H groups in total. The molecule has 1 aliphatic carbocycles. The van der Waals surface area contributed by atoms with Crippen molar-refractivity contribution in [3.8, 4) is 0 Å². The maximum atomic E-state index is 5.40. The van der Waals surface area contributed by atoms with E-state index in [-0.39, 0.29) is 0 Å². The number of rotatable bonds is 5. The van der Waals surface area contributed by atoms with Gasteiger partial charge in [-0.1, -0.05) is 24.3 Å². The van der Waals surface area contributed by atoms with Gasteiger partial charge >= 0.3 is 0 Å². The van der Waals surface area contributed by atoms with Crippen LogP contribution < -0.4 is 5.32 Å². The van der Waals surface area contributed by atoms with Crippen molar-refractivity contribution in [1.82, 2.24) is 5.32 Å². The molecule has 3 rings (SSSR count). The fraction of sp³-hybridized carbons (Fsp3) is 0.625. The number of hydrogen-bond acceptors (Lipinski definition) is 2. The van der Waals surface area contributed by atoms with E-state index in [9.17, 15) is 0 Å². The molecule has 2 fully saturated rings. The molecule has 18 heavy (non-hydrogen) atoms. The number of hydrogen-bond donors (Lipinski definition) is 1. The molecule has 0 amide bonds. The molecular formula is C16H23NO. The van der Waals surface area contributed by atoms with Crippen LogP contribution in [0, 0.1) is 5.92 Å². The molecule has 1 aliphatic heterocycles. The molecule has 0 aromatic heterocycles. The van der Waals surface area contributed by atoms with Gasteiger partial charge in [0.15, 0.2) is 0 Å². The average Bonchev–Trinajstić information content (AvgIpc) is 3.25. The van der Waals surface area contributed by atoms with Gasteiger partial charge in [0.1, 0.15) is 0 Å². The second-order valence-corrected chi connectivity index (χ2v) is 5.66. The van der Waals surface area contributed by atoms with Crippen LogP contribution in [0.4, 0.5) is 0 Å². The summed E-state index contributed by atoms with van der Waals surface area (Å²) in [5.41, 5.74) is 3.09. The van der Waals surface area contributed by atoms with Crippen LogP contribution in [0.1, 0.15) is 42.7 Å². The van der Waals surface area contributed by atoms with Crippen LogP contribution in [0.5, 0.6) is 0 Å². The summed E-state index contributed by atoms with van der Waals surface area (Å²) in [5.74, 6) is 1.66. The summed E-state index contributed by atoms with van der Waals surface area (Å²) in [4.78, 5) is 0. The summed E-state index contributed by atoms with van der Waals surface area (Å²) < 4.78 is 5.40. The minimum atomic E-state index is 0.812. The highest BCUT2D eigenvalue weighted by atomic mass is 16.5. The first-order valence-corrected chi connectivity index (χ1v) is 7.30. The molecule has 1 aromatic rings. The first kappa shape index (κ1) is 12.2. The quantitative estimate of drug-likeness (QED) is 0.860. The Balaban J connectivity index is 1.50. The van der Waals surface area contributed by atoms with E-state index >= 15 is 0 Å². The SMILES string of the molecule is c1ccc(C2CC2)c(CNCC2CCOCC2)c1. The molecule has 0 spiro atoms. The van der Waals surface area contributed by atoms with Crippen LogP contribution >= 0.6 is 0 Å². The van der Waals surface area contributed by atoms with Crippen molar-refractivity contribution in [3.05, 3.63) is 35.4 Å². The van der Waals surface area contributed by atoms with Gasteiger partial charge in [-0.2, -0.15) is 0 Å². The van der Waals surface area contributed by atoms with Gasteiger partial charge in [0.2, 0.25) is 0 Å². The van der Waals surface area contributed by atoms with Gasteiger partial charge in [0, 0.05) is 19.8 Å². The molecule has 0 bridgehead atoms. The Kier molecular flexibility index (Phi) is 3.96. The molecule has 1 heterocycles. The number of benzene rings is 1. The second kappa shape index (κ2) is 5.85. The molecule has 2 heteroatoms. The predicted octanol–water partition coefficient (Wildman–Crippen LogP) is 3.08. The summed E-state index contributed by atoms with van der Waals surface area (Å²) in [6.07, 6.45) is 5.21. The molecular weight excluding hydrogens is 222 g/mol. The van der Waals surface area contributed by atoms with E-state index in [1.807, 2.05) is 0 Å². The number of nitrogens with one attached hydrogen (secondary N) is 1. The summed E-state index contributed by atoms with van der Waals surface area (Å²) in [6, 6.07) is 8.93. The van der Waals surface area contributed by atoms with E-state index in [1.54, 1.807) is 5.56 Å². The van der Waals surface area contributed by atoms with E-state index < -0.39 is 0 Å². The number of ether oxygens (including phenoxy) is 1. The van der Waals surface area contributed by atoms with Crippen LogP contribution in [-0.4, -0.2) is 19.8 Å². The Labute approximate surface area is 110 Å². The third-order valence-corrected chi connectivity index (χ3v) is 4.16. The summed E-state index contributed by atoms with van der Waals surface area (Å²) >= 11 is 0. The molecule has 1 aromatic carbocycles. The van der Waals surface area contributed by atoms with Crippen molar-refractivity contribution in [3.63, 3.8) is 0 Å². The fourth-order valence-electron chi connectivity index (χ4n) is 2.85. The first-order valence-electron chi connectivity index (χ1n) is 7.30. The van der Waals surface area contributed by atoms with Crippen LogP contribution in [0.2, 0.25) is 0 Å². The normalized spacial score (nSPS) is 21.1. The topological polar surface area (TPSA) is 21.3 Å². The molecule has 2 nitrogen and oxygen atoms in total.